The molecule has 0 spiro atoms. The van der Waals surface area contributed by atoms with Crippen LogP contribution >= 0.6 is 0 Å². The standard InChI is InChI=1S/C7H12BN3O4/c8-1-3-6(13)5(10-11-9)7(14)4(2-12)15-3/h3-7,12-14H,1-2H2/t3-,4?,5?,6?,7+/m1/s1. The number of azide groups is 1. The molecule has 0 aromatic carbocycles. The fraction of sp³-hybridized carbons (Fsp3) is 1.00. The van der Waals surface area contributed by atoms with Crippen molar-refractivity contribution in [2.75, 3.05) is 6.61 Å². The molecule has 1 fully saturated rings. The zero-order valence-electron chi connectivity index (χ0n) is 7.97. The van der Waals surface area contributed by atoms with Crippen LogP contribution in [0, 0.1) is 0 Å². The molecule has 3 N–H and O–H groups in total. The van der Waals surface area contributed by atoms with Crippen LogP contribution in [0.25, 0.3) is 10.4 Å². The van der Waals surface area contributed by atoms with Gasteiger partial charge in [0, 0.05) is 4.91 Å². The predicted molar refractivity (Wildman–Crippen MR) is 51.3 cm³/mol. The Kier molecular flexibility index (Phi) is 4.37. The minimum atomic E-state index is -1.23. The summed E-state index contributed by atoms with van der Waals surface area (Å²) in [6.45, 7) is -0.429. The van der Waals surface area contributed by atoms with Gasteiger partial charge in [-0.15, -0.1) is 0 Å². The van der Waals surface area contributed by atoms with Gasteiger partial charge in [-0.3, -0.25) is 0 Å². The zero-order valence-corrected chi connectivity index (χ0v) is 7.97. The molecule has 1 aliphatic rings. The third kappa shape index (κ3) is 2.42. The van der Waals surface area contributed by atoms with Gasteiger partial charge in [0.05, 0.1) is 38.8 Å². The van der Waals surface area contributed by atoms with Crippen molar-refractivity contribution in [2.45, 2.75) is 36.8 Å². The van der Waals surface area contributed by atoms with E-state index in [0.717, 1.165) is 0 Å². The summed E-state index contributed by atoms with van der Waals surface area (Å²) in [5.74, 6) is 0. The number of hydrogen-bond donors (Lipinski definition) is 3. The SMILES string of the molecule is [B]C[C@H]1OC(CO)[C@H](O)C(N=[N+]=[N-])C1O. The molecule has 0 saturated carbocycles. The van der Waals surface area contributed by atoms with Gasteiger partial charge in [-0.05, 0) is 5.53 Å². The lowest BCUT2D eigenvalue weighted by atomic mass is 9.86. The third-order valence-corrected chi connectivity index (χ3v) is 2.41. The van der Waals surface area contributed by atoms with Crippen molar-refractivity contribution in [1.82, 2.24) is 0 Å². The molecule has 8 heteroatoms. The molecular formula is C7H12BN3O4. The van der Waals surface area contributed by atoms with Crippen LogP contribution in [0.5, 0.6) is 0 Å². The van der Waals surface area contributed by atoms with Crippen LogP contribution in [0.4, 0.5) is 0 Å². The van der Waals surface area contributed by atoms with Crippen molar-refractivity contribution in [1.29, 1.82) is 0 Å². The molecule has 82 valence electrons. The Balaban J connectivity index is 2.85. The summed E-state index contributed by atoms with van der Waals surface area (Å²) in [6, 6.07) is -1.05. The molecule has 1 heterocycles. The molecule has 0 aliphatic carbocycles. The summed E-state index contributed by atoms with van der Waals surface area (Å²) >= 11 is 0. The van der Waals surface area contributed by atoms with Crippen LogP contribution < -0.4 is 0 Å². The lowest BCUT2D eigenvalue weighted by Gasteiger charge is -2.40. The summed E-state index contributed by atoms with van der Waals surface area (Å²) in [5.41, 5.74) is 8.27. The molecular weight excluding hydrogens is 201 g/mol. The highest BCUT2D eigenvalue weighted by molar-refractivity contribution is 6.08. The van der Waals surface area contributed by atoms with Gasteiger partial charge < -0.3 is 20.1 Å². The molecule has 1 aliphatic heterocycles. The van der Waals surface area contributed by atoms with Crippen LogP contribution in [0.2, 0.25) is 6.32 Å². The highest BCUT2D eigenvalue weighted by Crippen LogP contribution is 2.24. The molecule has 0 bridgehead atoms. The van der Waals surface area contributed by atoms with Crippen molar-refractivity contribution in [3.8, 4) is 0 Å². The molecule has 1 rings (SSSR count). The van der Waals surface area contributed by atoms with Crippen molar-refractivity contribution >= 4 is 7.85 Å². The normalized spacial score (nSPS) is 40.9. The van der Waals surface area contributed by atoms with E-state index < -0.39 is 37.1 Å². The Morgan fingerprint density at radius 1 is 1.33 bits per heavy atom. The monoisotopic (exact) mass is 213 g/mol. The van der Waals surface area contributed by atoms with Gasteiger partial charge >= 0.3 is 0 Å². The van der Waals surface area contributed by atoms with Crippen molar-refractivity contribution in [3.63, 3.8) is 0 Å². The van der Waals surface area contributed by atoms with E-state index >= 15 is 0 Å². The van der Waals surface area contributed by atoms with Crippen molar-refractivity contribution < 1.29 is 20.1 Å². The van der Waals surface area contributed by atoms with Crippen molar-refractivity contribution in [3.05, 3.63) is 10.4 Å². The maximum Gasteiger partial charge on any atom is 0.107 e. The Labute approximate surface area is 87.7 Å². The van der Waals surface area contributed by atoms with E-state index in [0.29, 0.717) is 0 Å². The van der Waals surface area contributed by atoms with Gasteiger partial charge in [0.15, 0.2) is 0 Å². The Morgan fingerprint density at radius 3 is 2.40 bits per heavy atom. The van der Waals surface area contributed by atoms with Crippen LogP contribution in [0.15, 0.2) is 5.11 Å². The second-order valence-electron chi connectivity index (χ2n) is 3.31. The van der Waals surface area contributed by atoms with Gasteiger partial charge in [0.25, 0.3) is 0 Å². The summed E-state index contributed by atoms with van der Waals surface area (Å²) in [7, 11) is 5.33. The van der Waals surface area contributed by atoms with E-state index in [9.17, 15) is 10.2 Å². The molecule has 0 amide bonds. The second-order valence-corrected chi connectivity index (χ2v) is 3.31. The average Bonchev–Trinajstić information content (AvgIpc) is 2.25. The molecule has 0 aromatic rings. The van der Waals surface area contributed by atoms with E-state index in [2.05, 4.69) is 10.0 Å². The van der Waals surface area contributed by atoms with Gasteiger partial charge in [0.1, 0.15) is 6.10 Å². The highest BCUT2D eigenvalue weighted by Gasteiger charge is 2.42. The first-order valence-electron chi connectivity index (χ1n) is 4.52. The molecule has 5 atom stereocenters. The number of aliphatic hydroxyl groups excluding tert-OH is 3. The summed E-state index contributed by atoms with van der Waals surface area (Å²) in [6.07, 6.45) is -4.02. The minimum absolute atomic E-state index is 0.0157. The third-order valence-electron chi connectivity index (χ3n) is 2.41. The van der Waals surface area contributed by atoms with Crippen LogP contribution in [0.1, 0.15) is 0 Å². The smallest absolute Gasteiger partial charge is 0.107 e. The number of rotatable bonds is 3. The molecule has 15 heavy (non-hydrogen) atoms. The lowest BCUT2D eigenvalue weighted by molar-refractivity contribution is -0.182. The maximum absolute atomic E-state index is 9.63. The van der Waals surface area contributed by atoms with Gasteiger partial charge in [-0.25, -0.2) is 0 Å². The maximum atomic E-state index is 9.63. The first-order chi connectivity index (χ1) is 7.15. The van der Waals surface area contributed by atoms with E-state index in [1.165, 1.54) is 0 Å². The first kappa shape index (κ1) is 12.3. The zero-order chi connectivity index (χ0) is 11.4. The number of aliphatic hydroxyl groups is 3. The fourth-order valence-corrected chi connectivity index (χ4v) is 1.57. The average molecular weight is 213 g/mol. The van der Waals surface area contributed by atoms with Crippen molar-refractivity contribution in [2.24, 2.45) is 5.11 Å². The largest absolute Gasteiger partial charge is 0.394 e. The number of nitrogens with zero attached hydrogens (tertiary/aromatic N) is 3. The lowest BCUT2D eigenvalue weighted by Crippen LogP contribution is -2.57. The minimum Gasteiger partial charge on any atom is -0.394 e. The molecule has 7 nitrogen and oxygen atoms in total. The van der Waals surface area contributed by atoms with Gasteiger partial charge in [0.2, 0.25) is 0 Å². The van der Waals surface area contributed by atoms with Gasteiger partial charge in [-0.1, -0.05) is 11.4 Å². The summed E-state index contributed by atoms with van der Waals surface area (Å²) in [4.78, 5) is 2.52. The van der Waals surface area contributed by atoms with Crippen LogP contribution in [-0.2, 0) is 4.74 Å². The van der Waals surface area contributed by atoms with E-state index in [1.54, 1.807) is 0 Å². The highest BCUT2D eigenvalue weighted by atomic mass is 16.5. The Morgan fingerprint density at radius 2 is 1.93 bits per heavy atom. The quantitative estimate of drug-likeness (QED) is 0.234. The fourth-order valence-electron chi connectivity index (χ4n) is 1.57. The topological polar surface area (TPSA) is 119 Å². The van der Waals surface area contributed by atoms with Crippen LogP contribution in [-0.4, -0.2) is 60.2 Å². The Bertz CT molecular complexity index is 245. The first-order valence-corrected chi connectivity index (χ1v) is 4.52. The molecule has 1 saturated heterocycles. The number of ether oxygens (including phenoxy) is 1. The van der Waals surface area contributed by atoms with E-state index in [1.807, 2.05) is 0 Å². The summed E-state index contributed by atoms with van der Waals surface area (Å²) in [5, 5.41) is 31.4. The second kappa shape index (κ2) is 5.34. The van der Waals surface area contributed by atoms with Gasteiger partial charge in [-0.2, -0.15) is 0 Å². The predicted octanol–water partition coefficient (Wildman–Crippen LogP) is -1.27. The number of hydrogen-bond acceptors (Lipinski definition) is 5. The van der Waals surface area contributed by atoms with Crippen LogP contribution in [0.3, 0.4) is 0 Å². The van der Waals surface area contributed by atoms with E-state index in [4.69, 9.17) is 23.2 Å². The summed E-state index contributed by atoms with van der Waals surface area (Å²) < 4.78 is 5.13. The molecule has 2 radical (unpaired) electrons. The van der Waals surface area contributed by atoms with E-state index in [-0.39, 0.29) is 6.32 Å². The molecule has 3 unspecified atom stereocenters. The Hall–Kier alpha value is -0.785. The molecule has 0 aromatic heterocycles.